The normalized spacial score (nSPS) is 14.4. The Labute approximate surface area is 121 Å². The van der Waals surface area contributed by atoms with E-state index in [-0.39, 0.29) is 5.75 Å². The van der Waals surface area contributed by atoms with Gasteiger partial charge in [-0.05, 0) is 25.5 Å². The van der Waals surface area contributed by atoms with Gasteiger partial charge in [0.1, 0.15) is 5.75 Å². The second-order valence-corrected chi connectivity index (χ2v) is 5.05. The highest BCUT2D eigenvalue weighted by Crippen LogP contribution is 2.22. The number of benzene rings is 1. The lowest BCUT2D eigenvalue weighted by Crippen LogP contribution is -2.48. The molecule has 1 rings (SSSR count). The van der Waals surface area contributed by atoms with Crippen molar-refractivity contribution in [3.63, 3.8) is 0 Å². The summed E-state index contributed by atoms with van der Waals surface area (Å²) in [6.45, 7) is 2.13. The fraction of sp³-hybridized carbons (Fsp3) is 0.500. The Hall–Kier alpha value is -1.76. The predicted octanol–water partition coefficient (Wildman–Crippen LogP) is 3.08. The molecule has 1 aromatic carbocycles. The van der Waals surface area contributed by atoms with Gasteiger partial charge in [-0.15, -0.1) is 0 Å². The van der Waals surface area contributed by atoms with E-state index in [1.54, 1.807) is 13.0 Å². The molecule has 3 N–H and O–H groups in total. The van der Waals surface area contributed by atoms with Gasteiger partial charge in [-0.1, -0.05) is 19.4 Å². The number of hydrogen-bond acceptors (Lipinski definition) is 3. The lowest BCUT2D eigenvalue weighted by Gasteiger charge is -2.23. The van der Waals surface area contributed by atoms with Crippen LogP contribution in [-0.4, -0.2) is 24.2 Å². The van der Waals surface area contributed by atoms with Gasteiger partial charge in [-0.2, -0.15) is 13.2 Å². The van der Waals surface area contributed by atoms with Gasteiger partial charge < -0.3 is 15.8 Å². The summed E-state index contributed by atoms with van der Waals surface area (Å²) in [6.07, 6.45) is -3.16. The molecule has 21 heavy (non-hydrogen) atoms. The highest BCUT2D eigenvalue weighted by atomic mass is 19.4. The molecule has 0 radical (unpaired) electrons. The van der Waals surface area contributed by atoms with Crippen molar-refractivity contribution in [1.82, 2.24) is 0 Å². The molecule has 0 fully saturated rings. The van der Waals surface area contributed by atoms with Gasteiger partial charge in [0.2, 0.25) is 5.91 Å². The average Bonchev–Trinajstić information content (AvgIpc) is 2.36. The number of carbonyl (C=O) groups is 1. The van der Waals surface area contributed by atoms with Crippen molar-refractivity contribution in [1.29, 1.82) is 0 Å². The van der Waals surface area contributed by atoms with Crippen molar-refractivity contribution < 1.29 is 22.7 Å². The molecule has 4 nitrogen and oxygen atoms in total. The zero-order valence-corrected chi connectivity index (χ0v) is 12.0. The first-order valence-electron chi connectivity index (χ1n) is 6.54. The molecule has 1 amide bonds. The molecule has 0 saturated carbocycles. The third kappa shape index (κ3) is 6.03. The second-order valence-electron chi connectivity index (χ2n) is 5.05. The quantitative estimate of drug-likeness (QED) is 0.849. The van der Waals surface area contributed by atoms with Crippen molar-refractivity contribution in [2.75, 3.05) is 11.9 Å². The van der Waals surface area contributed by atoms with Crippen molar-refractivity contribution in [2.24, 2.45) is 5.73 Å². The van der Waals surface area contributed by atoms with E-state index in [1.165, 1.54) is 18.2 Å². The molecule has 1 aromatic rings. The van der Waals surface area contributed by atoms with Crippen LogP contribution < -0.4 is 15.8 Å². The maximum absolute atomic E-state index is 12.1. The molecule has 1 atom stereocenters. The lowest BCUT2D eigenvalue weighted by atomic mass is 9.96. The van der Waals surface area contributed by atoms with Crippen LogP contribution in [0.5, 0.6) is 5.75 Å². The molecule has 0 aliphatic heterocycles. The van der Waals surface area contributed by atoms with Crippen LogP contribution >= 0.6 is 0 Å². The van der Waals surface area contributed by atoms with Gasteiger partial charge in [0, 0.05) is 11.8 Å². The number of carbonyl (C=O) groups excluding carboxylic acids is 1. The minimum atomic E-state index is -4.41. The Morgan fingerprint density at radius 3 is 2.62 bits per heavy atom. The molecule has 118 valence electrons. The topological polar surface area (TPSA) is 64.4 Å². The van der Waals surface area contributed by atoms with E-state index in [1.807, 2.05) is 6.92 Å². The Bertz CT molecular complexity index is 487. The SMILES string of the molecule is CCCC(C)(N)C(=O)Nc1cccc(OCC(F)(F)F)c1. The van der Waals surface area contributed by atoms with Crippen molar-refractivity contribution in [3.8, 4) is 5.75 Å². The third-order valence-electron chi connectivity index (χ3n) is 2.78. The largest absolute Gasteiger partial charge is 0.484 e. The Morgan fingerprint density at radius 1 is 1.38 bits per heavy atom. The molecular weight excluding hydrogens is 285 g/mol. The molecule has 0 aliphatic carbocycles. The number of alkyl halides is 3. The van der Waals surface area contributed by atoms with E-state index in [4.69, 9.17) is 5.73 Å². The van der Waals surface area contributed by atoms with Gasteiger partial charge in [-0.25, -0.2) is 0 Å². The Kier molecular flexibility index (Phi) is 5.60. The Balaban J connectivity index is 2.70. The molecule has 0 bridgehead atoms. The smallest absolute Gasteiger partial charge is 0.422 e. The summed E-state index contributed by atoms with van der Waals surface area (Å²) in [7, 11) is 0. The summed E-state index contributed by atoms with van der Waals surface area (Å²) >= 11 is 0. The molecule has 7 heteroatoms. The van der Waals surface area contributed by atoms with Crippen molar-refractivity contribution in [3.05, 3.63) is 24.3 Å². The zero-order chi connectivity index (χ0) is 16.1. The number of ether oxygens (including phenoxy) is 1. The maximum atomic E-state index is 12.1. The number of anilines is 1. The minimum absolute atomic E-state index is 0.0272. The van der Waals surface area contributed by atoms with E-state index in [0.717, 1.165) is 6.42 Å². The van der Waals surface area contributed by atoms with E-state index < -0.39 is 24.2 Å². The number of nitrogens with one attached hydrogen (secondary N) is 1. The second kappa shape index (κ2) is 6.80. The van der Waals surface area contributed by atoms with Gasteiger partial charge in [0.15, 0.2) is 6.61 Å². The first kappa shape index (κ1) is 17.3. The number of hydrogen-bond donors (Lipinski definition) is 2. The van der Waals surface area contributed by atoms with Crippen LogP contribution in [0.15, 0.2) is 24.3 Å². The van der Waals surface area contributed by atoms with Crippen LogP contribution in [0.4, 0.5) is 18.9 Å². The van der Waals surface area contributed by atoms with Gasteiger partial charge in [0.05, 0.1) is 5.54 Å². The van der Waals surface area contributed by atoms with Crippen LogP contribution in [0.25, 0.3) is 0 Å². The van der Waals surface area contributed by atoms with E-state index >= 15 is 0 Å². The highest BCUT2D eigenvalue weighted by molar-refractivity contribution is 5.97. The standard InChI is InChI=1S/C14H19F3N2O2/c1-3-7-13(2,18)12(20)19-10-5-4-6-11(8-10)21-9-14(15,16)17/h4-6,8H,3,7,9,18H2,1-2H3,(H,19,20). The minimum Gasteiger partial charge on any atom is -0.484 e. The van der Waals surface area contributed by atoms with Crippen LogP contribution in [0, 0.1) is 0 Å². The van der Waals surface area contributed by atoms with Gasteiger partial charge in [0.25, 0.3) is 0 Å². The highest BCUT2D eigenvalue weighted by Gasteiger charge is 2.29. The van der Waals surface area contributed by atoms with Crippen LogP contribution in [0.2, 0.25) is 0 Å². The number of halogens is 3. The molecule has 0 heterocycles. The first-order chi connectivity index (χ1) is 9.64. The summed E-state index contributed by atoms with van der Waals surface area (Å²) in [6, 6.07) is 5.76. The molecular formula is C14H19F3N2O2. The monoisotopic (exact) mass is 304 g/mol. The molecule has 0 aromatic heterocycles. The average molecular weight is 304 g/mol. The van der Waals surface area contributed by atoms with Gasteiger partial charge in [-0.3, -0.25) is 4.79 Å². The molecule has 1 unspecified atom stereocenters. The zero-order valence-electron chi connectivity index (χ0n) is 12.0. The molecule has 0 saturated heterocycles. The fourth-order valence-corrected chi connectivity index (χ4v) is 1.74. The van der Waals surface area contributed by atoms with Gasteiger partial charge >= 0.3 is 6.18 Å². The third-order valence-corrected chi connectivity index (χ3v) is 2.78. The Morgan fingerprint density at radius 2 is 2.05 bits per heavy atom. The summed E-state index contributed by atoms with van der Waals surface area (Å²) in [5.41, 5.74) is 5.19. The predicted molar refractivity (Wildman–Crippen MR) is 74.1 cm³/mol. The fourth-order valence-electron chi connectivity index (χ4n) is 1.74. The van der Waals surface area contributed by atoms with Crippen molar-refractivity contribution >= 4 is 11.6 Å². The summed E-state index contributed by atoms with van der Waals surface area (Å²) < 4.78 is 40.9. The molecule has 0 spiro atoms. The van der Waals surface area contributed by atoms with Crippen LogP contribution in [0.3, 0.4) is 0 Å². The van der Waals surface area contributed by atoms with E-state index in [9.17, 15) is 18.0 Å². The summed E-state index contributed by atoms with van der Waals surface area (Å²) in [4.78, 5) is 12.0. The van der Waals surface area contributed by atoms with Crippen molar-refractivity contribution in [2.45, 2.75) is 38.4 Å². The van der Waals surface area contributed by atoms with Crippen LogP contribution in [-0.2, 0) is 4.79 Å². The maximum Gasteiger partial charge on any atom is 0.422 e. The number of amides is 1. The van der Waals surface area contributed by atoms with E-state index in [2.05, 4.69) is 10.1 Å². The van der Waals surface area contributed by atoms with Crippen LogP contribution in [0.1, 0.15) is 26.7 Å². The first-order valence-corrected chi connectivity index (χ1v) is 6.54. The summed E-state index contributed by atoms with van der Waals surface area (Å²) in [5.74, 6) is -0.364. The lowest BCUT2D eigenvalue weighted by molar-refractivity contribution is -0.153. The van der Waals surface area contributed by atoms with E-state index in [0.29, 0.717) is 12.1 Å². The molecule has 0 aliphatic rings. The number of rotatable bonds is 6. The summed E-state index contributed by atoms with van der Waals surface area (Å²) in [5, 5.41) is 2.58. The number of nitrogens with two attached hydrogens (primary N) is 1.